The van der Waals surface area contributed by atoms with Crippen molar-refractivity contribution in [2.45, 2.75) is 11.8 Å². The standard InChI is InChI=1S/C14H13N3O3S/c1-11-4-5-14(16-8-11)17-21(19,20)13-7-12(3-2-6-18)9-15-10-13/h4-5,7-10,18H,6H2,1H3,(H,16,17). The first kappa shape index (κ1) is 15.0. The maximum absolute atomic E-state index is 12.2. The van der Waals surface area contributed by atoms with Gasteiger partial charge in [-0.15, -0.1) is 0 Å². The number of pyridine rings is 2. The van der Waals surface area contributed by atoms with Crippen LogP contribution in [0.3, 0.4) is 0 Å². The van der Waals surface area contributed by atoms with E-state index in [4.69, 9.17) is 5.11 Å². The van der Waals surface area contributed by atoms with Crippen LogP contribution in [0, 0.1) is 18.8 Å². The number of rotatable bonds is 3. The zero-order valence-electron chi connectivity index (χ0n) is 11.2. The van der Waals surface area contributed by atoms with E-state index in [2.05, 4.69) is 26.5 Å². The molecule has 2 aromatic rings. The van der Waals surface area contributed by atoms with Gasteiger partial charge in [-0.05, 0) is 24.6 Å². The highest BCUT2D eigenvalue weighted by molar-refractivity contribution is 7.92. The van der Waals surface area contributed by atoms with E-state index >= 15 is 0 Å². The van der Waals surface area contributed by atoms with Crippen molar-refractivity contribution in [3.8, 4) is 11.8 Å². The van der Waals surface area contributed by atoms with E-state index < -0.39 is 10.0 Å². The summed E-state index contributed by atoms with van der Waals surface area (Å²) in [7, 11) is -3.78. The molecule has 2 heterocycles. The lowest BCUT2D eigenvalue weighted by atomic mass is 10.3. The first-order chi connectivity index (χ1) is 10.0. The van der Waals surface area contributed by atoms with Gasteiger partial charge in [0.1, 0.15) is 17.3 Å². The molecule has 0 bridgehead atoms. The molecule has 2 rings (SSSR count). The van der Waals surface area contributed by atoms with Gasteiger partial charge < -0.3 is 5.11 Å². The summed E-state index contributed by atoms with van der Waals surface area (Å²) in [5.74, 6) is 5.27. The molecule has 2 N–H and O–H groups in total. The number of aliphatic hydroxyl groups is 1. The Morgan fingerprint density at radius 1 is 1.29 bits per heavy atom. The molecule has 0 radical (unpaired) electrons. The van der Waals surface area contributed by atoms with E-state index in [-0.39, 0.29) is 17.3 Å². The average molecular weight is 303 g/mol. The molecule has 21 heavy (non-hydrogen) atoms. The lowest BCUT2D eigenvalue weighted by molar-refractivity contribution is 0.350. The third-order valence-electron chi connectivity index (χ3n) is 2.49. The fraction of sp³-hybridized carbons (Fsp3) is 0.143. The Bertz CT molecular complexity index is 790. The van der Waals surface area contributed by atoms with Crippen molar-refractivity contribution < 1.29 is 13.5 Å². The SMILES string of the molecule is Cc1ccc(NS(=O)(=O)c2cncc(C#CCO)c2)nc1. The molecular weight excluding hydrogens is 290 g/mol. The smallest absolute Gasteiger partial charge is 0.264 e. The van der Waals surface area contributed by atoms with Gasteiger partial charge in [0.05, 0.1) is 0 Å². The summed E-state index contributed by atoms with van der Waals surface area (Å²) < 4.78 is 26.8. The highest BCUT2D eigenvalue weighted by Crippen LogP contribution is 2.14. The molecular formula is C14H13N3O3S. The molecule has 0 aliphatic rings. The molecule has 0 aliphatic heterocycles. The van der Waals surface area contributed by atoms with Crippen LogP contribution in [0.1, 0.15) is 11.1 Å². The Labute approximate surface area is 122 Å². The number of nitrogens with one attached hydrogen (secondary N) is 1. The van der Waals surface area contributed by atoms with Gasteiger partial charge >= 0.3 is 0 Å². The summed E-state index contributed by atoms with van der Waals surface area (Å²) >= 11 is 0. The molecule has 0 aliphatic carbocycles. The Morgan fingerprint density at radius 2 is 2.10 bits per heavy atom. The lowest BCUT2D eigenvalue weighted by Gasteiger charge is -2.07. The van der Waals surface area contributed by atoms with E-state index in [0.29, 0.717) is 5.56 Å². The van der Waals surface area contributed by atoms with Gasteiger partial charge in [0.2, 0.25) is 0 Å². The minimum absolute atomic E-state index is 0.0189. The molecule has 0 fully saturated rings. The van der Waals surface area contributed by atoms with Crippen molar-refractivity contribution in [3.63, 3.8) is 0 Å². The minimum atomic E-state index is -3.78. The van der Waals surface area contributed by atoms with E-state index in [1.165, 1.54) is 18.5 Å². The van der Waals surface area contributed by atoms with Gasteiger partial charge in [-0.2, -0.15) is 0 Å². The summed E-state index contributed by atoms with van der Waals surface area (Å²) in [5.41, 5.74) is 1.34. The second-order valence-corrected chi connectivity index (χ2v) is 5.88. The molecule has 0 spiro atoms. The number of aryl methyl sites for hydroxylation is 1. The maximum Gasteiger partial charge on any atom is 0.264 e. The summed E-state index contributed by atoms with van der Waals surface area (Å²) in [6, 6.07) is 4.72. The second-order valence-electron chi connectivity index (χ2n) is 4.20. The van der Waals surface area contributed by atoms with Gasteiger partial charge in [-0.1, -0.05) is 17.9 Å². The molecule has 0 saturated heterocycles. The largest absolute Gasteiger partial charge is 0.384 e. The molecule has 2 aromatic heterocycles. The number of anilines is 1. The summed E-state index contributed by atoms with van der Waals surface area (Å²) in [4.78, 5) is 7.81. The van der Waals surface area contributed by atoms with Crippen molar-refractivity contribution in [3.05, 3.63) is 47.9 Å². The van der Waals surface area contributed by atoms with Crippen LogP contribution >= 0.6 is 0 Å². The van der Waals surface area contributed by atoms with Crippen LogP contribution < -0.4 is 4.72 Å². The van der Waals surface area contributed by atoms with Crippen molar-refractivity contribution >= 4 is 15.8 Å². The molecule has 0 aromatic carbocycles. The van der Waals surface area contributed by atoms with Gasteiger partial charge in [0, 0.05) is 24.2 Å². The number of aliphatic hydroxyl groups excluding tert-OH is 1. The van der Waals surface area contributed by atoms with E-state index in [1.54, 1.807) is 18.3 Å². The molecule has 0 amide bonds. The molecule has 0 saturated carbocycles. The first-order valence-electron chi connectivity index (χ1n) is 6.01. The van der Waals surface area contributed by atoms with Crippen LogP contribution in [0.2, 0.25) is 0 Å². The second kappa shape index (κ2) is 6.35. The predicted molar refractivity (Wildman–Crippen MR) is 78.0 cm³/mol. The summed E-state index contributed by atoms with van der Waals surface area (Å²) in [5, 5.41) is 8.64. The predicted octanol–water partition coefficient (Wildman–Crippen LogP) is 0.930. The van der Waals surface area contributed by atoms with Crippen molar-refractivity contribution in [1.82, 2.24) is 9.97 Å². The average Bonchev–Trinajstić information content (AvgIpc) is 2.48. The Morgan fingerprint density at radius 3 is 2.76 bits per heavy atom. The topological polar surface area (TPSA) is 92.2 Å². The Hall–Kier alpha value is -2.43. The fourth-order valence-electron chi connectivity index (χ4n) is 1.50. The van der Waals surface area contributed by atoms with Crippen molar-refractivity contribution in [2.75, 3.05) is 11.3 Å². The quantitative estimate of drug-likeness (QED) is 0.823. The van der Waals surface area contributed by atoms with Gasteiger partial charge in [0.15, 0.2) is 0 Å². The van der Waals surface area contributed by atoms with Crippen LogP contribution in [0.4, 0.5) is 5.82 Å². The van der Waals surface area contributed by atoms with E-state index in [1.807, 2.05) is 6.92 Å². The van der Waals surface area contributed by atoms with Crippen molar-refractivity contribution in [1.29, 1.82) is 0 Å². The van der Waals surface area contributed by atoms with E-state index in [9.17, 15) is 8.42 Å². The van der Waals surface area contributed by atoms with Crippen LogP contribution in [0.25, 0.3) is 0 Å². The zero-order chi connectivity index (χ0) is 15.3. The number of hydrogen-bond acceptors (Lipinski definition) is 5. The molecule has 0 unspecified atom stereocenters. The van der Waals surface area contributed by atoms with Crippen LogP contribution in [-0.4, -0.2) is 30.1 Å². The minimum Gasteiger partial charge on any atom is -0.384 e. The van der Waals surface area contributed by atoms with Crippen LogP contribution in [-0.2, 0) is 10.0 Å². The summed E-state index contributed by atoms with van der Waals surface area (Å²) in [6.45, 7) is 1.56. The highest BCUT2D eigenvalue weighted by Gasteiger charge is 2.15. The van der Waals surface area contributed by atoms with Gasteiger partial charge in [0.25, 0.3) is 10.0 Å². The van der Waals surface area contributed by atoms with Crippen molar-refractivity contribution in [2.24, 2.45) is 0 Å². The monoisotopic (exact) mass is 303 g/mol. The number of hydrogen-bond donors (Lipinski definition) is 2. The third-order valence-corrected chi connectivity index (χ3v) is 3.81. The molecule has 0 atom stereocenters. The van der Waals surface area contributed by atoms with Gasteiger partial charge in [-0.3, -0.25) is 9.71 Å². The zero-order valence-corrected chi connectivity index (χ0v) is 12.1. The highest BCUT2D eigenvalue weighted by atomic mass is 32.2. The Balaban J connectivity index is 2.29. The fourth-order valence-corrected chi connectivity index (χ4v) is 2.50. The third kappa shape index (κ3) is 4.02. The Kier molecular flexibility index (Phi) is 4.52. The molecule has 6 nitrogen and oxygen atoms in total. The molecule has 7 heteroatoms. The maximum atomic E-state index is 12.2. The number of nitrogens with zero attached hydrogens (tertiary/aromatic N) is 2. The van der Waals surface area contributed by atoms with E-state index in [0.717, 1.165) is 5.56 Å². The first-order valence-corrected chi connectivity index (χ1v) is 7.50. The number of sulfonamides is 1. The summed E-state index contributed by atoms with van der Waals surface area (Å²) in [6.07, 6.45) is 4.21. The van der Waals surface area contributed by atoms with Crippen LogP contribution in [0.15, 0.2) is 41.7 Å². The number of aromatic nitrogens is 2. The van der Waals surface area contributed by atoms with Crippen LogP contribution in [0.5, 0.6) is 0 Å². The lowest BCUT2D eigenvalue weighted by Crippen LogP contribution is -2.14. The molecule has 108 valence electrons. The van der Waals surface area contributed by atoms with Gasteiger partial charge in [-0.25, -0.2) is 13.4 Å². The normalized spacial score (nSPS) is 10.6.